The van der Waals surface area contributed by atoms with Crippen molar-refractivity contribution in [3.05, 3.63) is 29.3 Å². The van der Waals surface area contributed by atoms with Crippen molar-refractivity contribution in [1.82, 2.24) is 10.2 Å². The highest BCUT2D eigenvalue weighted by atomic mass is 16.5. The van der Waals surface area contributed by atoms with E-state index in [0.717, 1.165) is 50.4 Å². The third-order valence-electron chi connectivity index (χ3n) is 8.59. The Hall–Kier alpha value is -1.59. The van der Waals surface area contributed by atoms with Gasteiger partial charge in [0.2, 0.25) is 5.91 Å². The topological polar surface area (TPSA) is 61.8 Å². The average molecular weight is 383 g/mol. The number of hydrogen-bond acceptors (Lipinski definition) is 4. The Bertz CT molecular complexity index is 837. The molecule has 1 aromatic carbocycles. The molecule has 150 valence electrons. The Morgan fingerprint density at radius 3 is 2.93 bits per heavy atom. The highest BCUT2D eigenvalue weighted by Gasteiger charge is 2.67. The van der Waals surface area contributed by atoms with Crippen LogP contribution < -0.4 is 10.1 Å². The maximum atomic E-state index is 12.4. The Morgan fingerprint density at radius 1 is 1.29 bits per heavy atom. The lowest BCUT2D eigenvalue weighted by Gasteiger charge is -2.65. The fraction of sp³-hybridized carbons (Fsp3) is 0.696. The predicted molar refractivity (Wildman–Crippen MR) is 105 cm³/mol. The van der Waals surface area contributed by atoms with Crippen LogP contribution in [-0.4, -0.2) is 53.8 Å². The summed E-state index contributed by atoms with van der Waals surface area (Å²) in [6.45, 7) is 2.17. The maximum Gasteiger partial charge on any atom is 0.220 e. The molecule has 0 aromatic heterocycles. The summed E-state index contributed by atoms with van der Waals surface area (Å²) in [5.74, 6) is 2.11. The second kappa shape index (κ2) is 5.73. The summed E-state index contributed by atoms with van der Waals surface area (Å²) in [5.41, 5.74) is 1.60. The largest absolute Gasteiger partial charge is 0.497 e. The van der Waals surface area contributed by atoms with Gasteiger partial charge in [0.05, 0.1) is 12.7 Å². The zero-order valence-corrected chi connectivity index (χ0v) is 16.6. The molecule has 3 aliphatic carbocycles. The molecule has 2 heterocycles. The second-order valence-electron chi connectivity index (χ2n) is 9.98. The zero-order valence-electron chi connectivity index (χ0n) is 16.6. The zero-order chi connectivity index (χ0) is 19.1. The molecular formula is C23H30N2O3. The van der Waals surface area contributed by atoms with Crippen LogP contribution in [0.5, 0.6) is 5.75 Å². The van der Waals surface area contributed by atoms with Crippen LogP contribution >= 0.6 is 0 Å². The van der Waals surface area contributed by atoms with E-state index < -0.39 is 5.60 Å². The van der Waals surface area contributed by atoms with Gasteiger partial charge in [-0.25, -0.2) is 0 Å². The summed E-state index contributed by atoms with van der Waals surface area (Å²) in [5, 5.41) is 15.6. The Morgan fingerprint density at radius 2 is 2.14 bits per heavy atom. The van der Waals surface area contributed by atoms with E-state index in [0.29, 0.717) is 6.42 Å². The van der Waals surface area contributed by atoms with Crippen LogP contribution in [0.1, 0.15) is 49.7 Å². The number of ether oxygens (including phenoxy) is 1. The minimum absolute atomic E-state index is 0.156. The normalized spacial score (nSPS) is 41.6. The summed E-state index contributed by atoms with van der Waals surface area (Å²) in [4.78, 5) is 14.7. The van der Waals surface area contributed by atoms with Crippen LogP contribution in [0.15, 0.2) is 18.2 Å². The third-order valence-corrected chi connectivity index (χ3v) is 8.59. The number of hydrogen-bond donors (Lipinski definition) is 2. The molecule has 2 saturated heterocycles. The Kier molecular flexibility index (Phi) is 3.54. The summed E-state index contributed by atoms with van der Waals surface area (Å²) in [6, 6.07) is 6.80. The van der Waals surface area contributed by atoms with E-state index in [4.69, 9.17) is 4.74 Å². The van der Waals surface area contributed by atoms with Crippen LogP contribution in [0.4, 0.5) is 0 Å². The van der Waals surface area contributed by atoms with Crippen LogP contribution in [0.3, 0.4) is 0 Å². The molecule has 5 atom stereocenters. The van der Waals surface area contributed by atoms with Gasteiger partial charge < -0.3 is 15.2 Å². The van der Waals surface area contributed by atoms with Crippen LogP contribution in [0.2, 0.25) is 0 Å². The number of carbonyl (C=O) groups excluding carboxylic acids is 1. The van der Waals surface area contributed by atoms with E-state index in [1.807, 2.05) is 0 Å². The fourth-order valence-corrected chi connectivity index (χ4v) is 7.05. The number of rotatable bonds is 3. The lowest BCUT2D eigenvalue weighted by Crippen LogP contribution is -2.75. The minimum Gasteiger partial charge on any atom is -0.497 e. The van der Waals surface area contributed by atoms with Gasteiger partial charge in [0.15, 0.2) is 0 Å². The van der Waals surface area contributed by atoms with Gasteiger partial charge in [-0.2, -0.15) is 0 Å². The van der Waals surface area contributed by atoms with E-state index >= 15 is 0 Å². The lowest BCUT2D eigenvalue weighted by atomic mass is 9.47. The molecule has 2 N–H and O–H groups in total. The molecule has 2 saturated carbocycles. The van der Waals surface area contributed by atoms with Gasteiger partial charge >= 0.3 is 0 Å². The smallest absolute Gasteiger partial charge is 0.220 e. The van der Waals surface area contributed by atoms with Crippen LogP contribution in [0, 0.1) is 11.8 Å². The lowest BCUT2D eigenvalue weighted by molar-refractivity contribution is -0.179. The first-order chi connectivity index (χ1) is 13.5. The van der Waals surface area contributed by atoms with E-state index in [9.17, 15) is 9.90 Å². The first-order valence-electron chi connectivity index (χ1n) is 11.0. The number of carbonyl (C=O) groups is 1. The predicted octanol–water partition coefficient (Wildman–Crippen LogP) is 2.00. The van der Waals surface area contributed by atoms with Gasteiger partial charge in [-0.1, -0.05) is 6.07 Å². The monoisotopic (exact) mass is 382 g/mol. The van der Waals surface area contributed by atoms with Gasteiger partial charge in [-0.05, 0) is 80.2 Å². The summed E-state index contributed by atoms with van der Waals surface area (Å²) in [7, 11) is 1.71. The highest BCUT2D eigenvalue weighted by molar-refractivity contribution is 5.79. The van der Waals surface area contributed by atoms with E-state index in [-0.39, 0.29) is 29.3 Å². The molecule has 2 aliphatic heterocycles. The molecule has 5 aliphatic rings. The molecule has 1 amide bonds. The number of amides is 1. The van der Waals surface area contributed by atoms with Crippen molar-refractivity contribution in [3.63, 3.8) is 0 Å². The van der Waals surface area contributed by atoms with Gasteiger partial charge in [0, 0.05) is 30.5 Å². The van der Waals surface area contributed by atoms with Gasteiger partial charge in [0.1, 0.15) is 5.75 Å². The van der Waals surface area contributed by atoms with Crippen molar-refractivity contribution >= 4 is 5.91 Å². The number of methoxy groups -OCH3 is 1. The molecule has 5 nitrogen and oxygen atoms in total. The van der Waals surface area contributed by atoms with Crippen molar-refractivity contribution in [1.29, 1.82) is 0 Å². The van der Waals surface area contributed by atoms with E-state index in [1.54, 1.807) is 7.11 Å². The van der Waals surface area contributed by atoms with Gasteiger partial charge in [-0.3, -0.25) is 9.69 Å². The Balaban J connectivity index is 1.49. The molecular weight excluding hydrogens is 352 g/mol. The van der Waals surface area contributed by atoms with Crippen molar-refractivity contribution in [2.24, 2.45) is 11.8 Å². The summed E-state index contributed by atoms with van der Waals surface area (Å²) >= 11 is 0. The van der Waals surface area contributed by atoms with Crippen LogP contribution in [-0.2, 0) is 16.6 Å². The van der Waals surface area contributed by atoms with Gasteiger partial charge in [-0.15, -0.1) is 0 Å². The summed E-state index contributed by atoms with van der Waals surface area (Å²) in [6.07, 6.45) is 6.71. The number of fused-ring (bicyclic) bond motifs is 2. The highest BCUT2D eigenvalue weighted by Crippen LogP contribution is 2.60. The minimum atomic E-state index is -0.757. The Labute approximate surface area is 166 Å². The van der Waals surface area contributed by atoms with E-state index in [1.165, 1.54) is 24.0 Å². The number of nitrogens with zero attached hydrogens (tertiary/aromatic N) is 1. The van der Waals surface area contributed by atoms with Crippen molar-refractivity contribution in [3.8, 4) is 5.75 Å². The fourth-order valence-electron chi connectivity index (χ4n) is 7.05. The summed E-state index contributed by atoms with van der Waals surface area (Å²) < 4.78 is 5.55. The SMILES string of the molecule is COc1ccc2c(c1)[C@]13CCN(CC4CC4)[C@H](C2)[C@]1(O)C[C@H]1CC(=O)N[C@H]1C3. The molecule has 0 spiro atoms. The number of aliphatic hydroxyl groups is 1. The van der Waals surface area contributed by atoms with Crippen LogP contribution in [0.25, 0.3) is 0 Å². The molecule has 0 unspecified atom stereocenters. The molecule has 4 fully saturated rings. The molecule has 28 heavy (non-hydrogen) atoms. The molecule has 6 rings (SSSR count). The number of nitrogens with one attached hydrogen (secondary N) is 1. The molecule has 1 aromatic rings. The number of likely N-dealkylation sites (tertiary alicyclic amines) is 1. The van der Waals surface area contributed by atoms with Gasteiger partial charge in [0.25, 0.3) is 0 Å². The second-order valence-corrected chi connectivity index (χ2v) is 9.98. The molecule has 0 radical (unpaired) electrons. The number of benzene rings is 1. The number of piperidine rings is 1. The molecule has 5 heteroatoms. The van der Waals surface area contributed by atoms with Crippen molar-refractivity contribution in [2.45, 2.75) is 68.0 Å². The van der Waals surface area contributed by atoms with Crippen molar-refractivity contribution < 1.29 is 14.6 Å². The first kappa shape index (κ1) is 17.3. The standard InChI is InChI=1S/C23H30N2O3/c1-28-17-5-4-15-8-20-23(27)11-16-9-21(26)24-19(16)12-22(23,18(15)10-17)6-7-25(20)13-14-2-3-14/h4-5,10,14,16,19-20,27H,2-3,6-9,11-13H2,1H3,(H,24,26)/t16-,19+,20-,22-,23-/m1/s1. The quantitative estimate of drug-likeness (QED) is 0.840. The maximum absolute atomic E-state index is 12.4. The first-order valence-corrected chi connectivity index (χ1v) is 11.0. The third kappa shape index (κ3) is 2.23. The molecule has 2 bridgehead atoms. The van der Waals surface area contributed by atoms with Crippen molar-refractivity contribution in [2.75, 3.05) is 20.2 Å². The van der Waals surface area contributed by atoms with E-state index in [2.05, 4.69) is 28.4 Å². The average Bonchev–Trinajstić information content (AvgIpc) is 3.42.